The lowest BCUT2D eigenvalue weighted by Crippen LogP contribution is -2.59. The molecule has 0 aromatic heterocycles. The average Bonchev–Trinajstić information content (AvgIpc) is 2.31. The van der Waals surface area contributed by atoms with E-state index in [-0.39, 0.29) is 11.5 Å². The quantitative estimate of drug-likeness (QED) is 0.812. The molecule has 2 unspecified atom stereocenters. The fraction of sp³-hybridized carbons (Fsp3) is 0.882. The molecule has 4 aliphatic rings. The van der Waals surface area contributed by atoms with E-state index in [9.17, 15) is 4.79 Å². The summed E-state index contributed by atoms with van der Waals surface area (Å²) in [7, 11) is 0. The highest BCUT2D eigenvalue weighted by Gasteiger charge is 2.59. The van der Waals surface area contributed by atoms with Crippen LogP contribution in [0.4, 0.5) is 0 Å². The predicted molar refractivity (Wildman–Crippen MR) is 88.9 cm³/mol. The number of hydrogen-bond donors (Lipinski definition) is 1. The zero-order valence-electron chi connectivity index (χ0n) is 13.5. The molecule has 0 aromatic carbocycles. The number of hydrogen-bond acceptors (Lipinski definition) is 2. The highest BCUT2D eigenvalue weighted by atomic mass is 32.1. The van der Waals surface area contributed by atoms with Gasteiger partial charge in [0, 0.05) is 6.04 Å². The van der Waals surface area contributed by atoms with Crippen molar-refractivity contribution in [1.82, 2.24) is 4.90 Å². The fourth-order valence-electron chi connectivity index (χ4n) is 5.93. The Morgan fingerprint density at radius 1 is 1.29 bits per heavy atom. The number of amides is 1. The van der Waals surface area contributed by atoms with Crippen LogP contribution in [0.3, 0.4) is 0 Å². The Bertz CT molecular complexity index is 459. The van der Waals surface area contributed by atoms with Gasteiger partial charge in [0.25, 0.3) is 0 Å². The van der Waals surface area contributed by atoms with Crippen LogP contribution >= 0.6 is 12.2 Å². The van der Waals surface area contributed by atoms with E-state index in [1.807, 2.05) is 4.90 Å². The van der Waals surface area contributed by atoms with Gasteiger partial charge in [-0.25, -0.2) is 0 Å². The summed E-state index contributed by atoms with van der Waals surface area (Å²) in [5, 5.41) is 0. The standard InChI is InChI=1S/C17H28N2OS/c1-11(2)19(9-14(18)21)15(20)17-7-12-4-13(8-17)6-16(3,5-12)10-17/h11-13H,4-10H2,1-3H3,(H2,18,21). The van der Waals surface area contributed by atoms with Crippen LogP contribution in [0.15, 0.2) is 0 Å². The van der Waals surface area contributed by atoms with Gasteiger partial charge in [-0.15, -0.1) is 0 Å². The van der Waals surface area contributed by atoms with Crippen LogP contribution in [0.2, 0.25) is 0 Å². The minimum Gasteiger partial charge on any atom is -0.392 e. The number of carbonyl (C=O) groups excluding carboxylic acids is 1. The summed E-state index contributed by atoms with van der Waals surface area (Å²) in [5.74, 6) is 1.85. The van der Waals surface area contributed by atoms with Crippen molar-refractivity contribution >= 4 is 23.1 Å². The monoisotopic (exact) mass is 308 g/mol. The maximum Gasteiger partial charge on any atom is 0.229 e. The second-order valence-corrected chi connectivity index (χ2v) is 9.07. The van der Waals surface area contributed by atoms with Crippen LogP contribution in [0, 0.1) is 22.7 Å². The lowest BCUT2D eigenvalue weighted by Gasteiger charge is -2.61. The Labute approximate surface area is 133 Å². The first kappa shape index (κ1) is 15.3. The SMILES string of the molecule is CC(C)N(CC(N)=S)C(=O)C12CC3CC(CC(C)(C3)C1)C2. The van der Waals surface area contributed by atoms with E-state index < -0.39 is 0 Å². The number of nitrogens with two attached hydrogens (primary N) is 1. The highest BCUT2D eigenvalue weighted by molar-refractivity contribution is 7.80. The van der Waals surface area contributed by atoms with Gasteiger partial charge in [-0.1, -0.05) is 19.1 Å². The van der Waals surface area contributed by atoms with E-state index in [1.54, 1.807) is 0 Å². The number of nitrogens with zero attached hydrogens (tertiary/aromatic N) is 1. The molecule has 3 nitrogen and oxygen atoms in total. The summed E-state index contributed by atoms with van der Waals surface area (Å²) >= 11 is 5.06. The lowest BCUT2D eigenvalue weighted by molar-refractivity contribution is -0.166. The van der Waals surface area contributed by atoms with E-state index >= 15 is 0 Å². The Morgan fingerprint density at radius 3 is 2.29 bits per heavy atom. The van der Waals surface area contributed by atoms with Gasteiger partial charge in [0.1, 0.15) is 0 Å². The third-order valence-electron chi connectivity index (χ3n) is 6.02. The Kier molecular flexibility index (Phi) is 3.59. The molecule has 1 amide bonds. The van der Waals surface area contributed by atoms with E-state index in [4.69, 9.17) is 18.0 Å². The molecule has 0 radical (unpaired) electrons. The second-order valence-electron chi connectivity index (χ2n) is 8.55. The van der Waals surface area contributed by atoms with Crippen LogP contribution in [-0.2, 0) is 4.79 Å². The van der Waals surface area contributed by atoms with Crippen molar-refractivity contribution in [3.63, 3.8) is 0 Å². The molecular weight excluding hydrogens is 280 g/mol. The third kappa shape index (κ3) is 2.60. The van der Waals surface area contributed by atoms with Crippen molar-refractivity contribution in [3.05, 3.63) is 0 Å². The van der Waals surface area contributed by atoms with Gasteiger partial charge in [-0.2, -0.15) is 0 Å². The zero-order valence-corrected chi connectivity index (χ0v) is 14.3. The summed E-state index contributed by atoms with van der Waals surface area (Å²) in [5.41, 5.74) is 6.00. The molecule has 118 valence electrons. The Hall–Kier alpha value is -0.640. The van der Waals surface area contributed by atoms with Gasteiger partial charge in [-0.05, 0) is 69.6 Å². The zero-order chi connectivity index (χ0) is 15.4. The van der Waals surface area contributed by atoms with Crippen molar-refractivity contribution in [2.75, 3.05) is 6.54 Å². The molecule has 4 fully saturated rings. The molecule has 4 saturated carbocycles. The molecule has 2 N–H and O–H groups in total. The fourth-order valence-corrected chi connectivity index (χ4v) is 6.07. The van der Waals surface area contributed by atoms with E-state index in [0.29, 0.717) is 22.9 Å². The molecule has 4 heteroatoms. The summed E-state index contributed by atoms with van der Waals surface area (Å²) in [4.78, 5) is 15.7. The van der Waals surface area contributed by atoms with Gasteiger partial charge >= 0.3 is 0 Å². The van der Waals surface area contributed by atoms with Gasteiger partial charge in [0.05, 0.1) is 16.9 Å². The van der Waals surface area contributed by atoms with E-state index in [0.717, 1.165) is 31.1 Å². The Morgan fingerprint density at radius 2 is 1.86 bits per heavy atom. The van der Waals surface area contributed by atoms with Crippen molar-refractivity contribution in [2.45, 2.75) is 65.3 Å². The topological polar surface area (TPSA) is 46.3 Å². The van der Waals surface area contributed by atoms with Crippen molar-refractivity contribution < 1.29 is 4.79 Å². The van der Waals surface area contributed by atoms with Crippen molar-refractivity contribution in [2.24, 2.45) is 28.4 Å². The Balaban J connectivity index is 1.87. The third-order valence-corrected chi connectivity index (χ3v) is 6.15. The molecule has 4 bridgehead atoms. The van der Waals surface area contributed by atoms with E-state index in [2.05, 4.69) is 20.8 Å². The highest BCUT2D eigenvalue weighted by Crippen LogP contribution is 2.65. The van der Waals surface area contributed by atoms with Gasteiger partial charge < -0.3 is 10.6 Å². The maximum atomic E-state index is 13.3. The van der Waals surface area contributed by atoms with Gasteiger partial charge in [0.2, 0.25) is 5.91 Å². The minimum atomic E-state index is -0.117. The molecule has 2 atom stereocenters. The number of thiocarbonyl (C=S) groups is 1. The molecular formula is C17H28N2OS. The summed E-state index contributed by atoms with van der Waals surface area (Å²) < 4.78 is 0. The molecule has 0 spiro atoms. The van der Waals surface area contributed by atoms with Crippen LogP contribution in [0.1, 0.15) is 59.3 Å². The van der Waals surface area contributed by atoms with Crippen molar-refractivity contribution in [3.8, 4) is 0 Å². The smallest absolute Gasteiger partial charge is 0.229 e. The van der Waals surface area contributed by atoms with Crippen molar-refractivity contribution in [1.29, 1.82) is 0 Å². The summed E-state index contributed by atoms with van der Waals surface area (Å²) in [6, 6.07) is 0.166. The maximum absolute atomic E-state index is 13.3. The average molecular weight is 308 g/mol. The first-order valence-corrected chi connectivity index (χ1v) is 8.73. The molecule has 4 aliphatic carbocycles. The normalized spacial score (nSPS) is 40.6. The molecule has 0 saturated heterocycles. The molecule has 0 heterocycles. The first-order chi connectivity index (χ1) is 9.73. The summed E-state index contributed by atoms with van der Waals surface area (Å²) in [6.07, 6.45) is 7.27. The van der Waals surface area contributed by atoms with Crippen LogP contribution < -0.4 is 5.73 Å². The van der Waals surface area contributed by atoms with Crippen LogP contribution in [0.5, 0.6) is 0 Å². The number of rotatable bonds is 4. The molecule has 21 heavy (non-hydrogen) atoms. The largest absolute Gasteiger partial charge is 0.392 e. The van der Waals surface area contributed by atoms with E-state index in [1.165, 1.54) is 19.3 Å². The van der Waals surface area contributed by atoms with Gasteiger partial charge in [0.15, 0.2) is 0 Å². The molecule has 0 aromatic rings. The first-order valence-electron chi connectivity index (χ1n) is 8.32. The van der Waals surface area contributed by atoms with Crippen LogP contribution in [0.25, 0.3) is 0 Å². The van der Waals surface area contributed by atoms with Gasteiger partial charge in [-0.3, -0.25) is 4.79 Å². The van der Waals surface area contributed by atoms with Crippen LogP contribution in [-0.4, -0.2) is 28.4 Å². The molecule has 0 aliphatic heterocycles. The molecule has 4 rings (SSSR count). The summed E-state index contributed by atoms with van der Waals surface area (Å²) in [6.45, 7) is 6.97. The minimum absolute atomic E-state index is 0.117. The lowest BCUT2D eigenvalue weighted by atomic mass is 9.44. The predicted octanol–water partition coefficient (Wildman–Crippen LogP) is 3.12. The number of carbonyl (C=O) groups is 1. The second kappa shape index (κ2) is 4.94.